The highest BCUT2D eigenvalue weighted by molar-refractivity contribution is 5.94. The Morgan fingerprint density at radius 2 is 1.74 bits per heavy atom. The monoisotopic (exact) mass is 359 g/mol. The van der Waals surface area contributed by atoms with Crippen LogP contribution in [0.1, 0.15) is 33.2 Å². The normalized spacial score (nSPS) is 15.1. The van der Waals surface area contributed by atoms with E-state index in [9.17, 15) is 4.79 Å². The van der Waals surface area contributed by atoms with Crippen molar-refractivity contribution in [2.75, 3.05) is 13.1 Å². The van der Waals surface area contributed by atoms with Crippen LogP contribution < -0.4 is 5.32 Å². The minimum absolute atomic E-state index is 0.0211. The Bertz CT molecular complexity index is 916. The Hall–Kier alpha value is -2.85. The fourth-order valence-electron chi connectivity index (χ4n) is 3.91. The lowest BCUT2D eigenvalue weighted by molar-refractivity contribution is 0.0925. The zero-order valence-corrected chi connectivity index (χ0v) is 15.6. The summed E-state index contributed by atoms with van der Waals surface area (Å²) in [5, 5.41) is 3.14. The molecule has 4 heteroatoms. The molecule has 1 unspecified atom stereocenters. The predicted octanol–water partition coefficient (Wildman–Crippen LogP) is 3.55. The highest BCUT2D eigenvalue weighted by atomic mass is 16.1. The van der Waals surface area contributed by atoms with Gasteiger partial charge in [-0.15, -0.1) is 0 Å². The molecule has 1 atom stereocenters. The fourth-order valence-corrected chi connectivity index (χ4v) is 3.91. The van der Waals surface area contributed by atoms with Crippen molar-refractivity contribution in [1.29, 1.82) is 0 Å². The summed E-state index contributed by atoms with van der Waals surface area (Å²) in [5.41, 5.74) is 4.75. The van der Waals surface area contributed by atoms with Gasteiger partial charge in [-0.2, -0.15) is 0 Å². The van der Waals surface area contributed by atoms with Crippen LogP contribution in [0, 0.1) is 0 Å². The second kappa shape index (κ2) is 7.80. The van der Waals surface area contributed by atoms with Crippen molar-refractivity contribution in [2.45, 2.75) is 19.0 Å². The highest BCUT2D eigenvalue weighted by Crippen LogP contribution is 2.27. The Morgan fingerprint density at radius 3 is 2.48 bits per heavy atom. The topological polar surface area (TPSA) is 37.3 Å². The number of hydrogen-bond donors (Lipinski definition) is 1. The molecule has 138 valence electrons. The maximum absolute atomic E-state index is 12.5. The van der Waals surface area contributed by atoms with E-state index < -0.39 is 0 Å². The Labute approximate surface area is 160 Å². The molecule has 0 spiro atoms. The molecule has 3 aromatic rings. The number of rotatable bonds is 5. The van der Waals surface area contributed by atoms with Crippen molar-refractivity contribution in [2.24, 2.45) is 7.05 Å². The molecule has 1 aromatic heterocycles. The molecule has 1 N–H and O–H groups in total. The first-order chi connectivity index (χ1) is 13.2. The molecule has 0 radical (unpaired) electrons. The Morgan fingerprint density at radius 1 is 1.00 bits per heavy atom. The maximum Gasteiger partial charge on any atom is 0.251 e. The van der Waals surface area contributed by atoms with Crippen LogP contribution in [-0.4, -0.2) is 28.5 Å². The quantitative estimate of drug-likeness (QED) is 0.756. The molecule has 0 aliphatic carbocycles. The van der Waals surface area contributed by atoms with Crippen LogP contribution in [0.2, 0.25) is 0 Å². The van der Waals surface area contributed by atoms with Gasteiger partial charge < -0.3 is 9.88 Å². The predicted molar refractivity (Wildman–Crippen MR) is 107 cm³/mol. The van der Waals surface area contributed by atoms with E-state index in [0.29, 0.717) is 12.1 Å². The lowest BCUT2D eigenvalue weighted by Gasteiger charge is -2.36. The van der Waals surface area contributed by atoms with Gasteiger partial charge in [0.05, 0.1) is 6.04 Å². The largest absolute Gasteiger partial charge is 0.353 e. The van der Waals surface area contributed by atoms with Gasteiger partial charge >= 0.3 is 0 Å². The average Bonchev–Trinajstić information content (AvgIpc) is 3.14. The van der Waals surface area contributed by atoms with Gasteiger partial charge in [0.15, 0.2) is 0 Å². The summed E-state index contributed by atoms with van der Waals surface area (Å²) >= 11 is 0. The number of carbonyl (C=O) groups is 1. The van der Waals surface area contributed by atoms with Gasteiger partial charge in [-0.25, -0.2) is 0 Å². The van der Waals surface area contributed by atoms with E-state index in [0.717, 1.165) is 19.5 Å². The van der Waals surface area contributed by atoms with Crippen molar-refractivity contribution in [1.82, 2.24) is 14.8 Å². The average molecular weight is 359 g/mol. The molecule has 2 aromatic carbocycles. The lowest BCUT2D eigenvalue weighted by atomic mass is 9.97. The van der Waals surface area contributed by atoms with Crippen molar-refractivity contribution < 1.29 is 4.79 Å². The van der Waals surface area contributed by atoms with Gasteiger partial charge in [0.1, 0.15) is 0 Å². The van der Waals surface area contributed by atoms with E-state index in [4.69, 9.17) is 0 Å². The molecule has 0 fully saturated rings. The molecule has 1 aliphatic heterocycles. The van der Waals surface area contributed by atoms with E-state index >= 15 is 0 Å². The fraction of sp³-hybridized carbons (Fsp3) is 0.261. The third-order valence-corrected chi connectivity index (χ3v) is 5.42. The second-order valence-electron chi connectivity index (χ2n) is 7.12. The molecular weight excluding hydrogens is 334 g/mol. The molecule has 27 heavy (non-hydrogen) atoms. The van der Waals surface area contributed by atoms with Crippen LogP contribution in [0.4, 0.5) is 0 Å². The molecule has 0 saturated carbocycles. The zero-order chi connectivity index (χ0) is 18.6. The van der Waals surface area contributed by atoms with E-state index in [1.807, 2.05) is 30.3 Å². The maximum atomic E-state index is 12.5. The summed E-state index contributed by atoms with van der Waals surface area (Å²) in [4.78, 5) is 15.0. The second-order valence-corrected chi connectivity index (χ2v) is 7.12. The van der Waals surface area contributed by atoms with E-state index in [-0.39, 0.29) is 11.9 Å². The number of nitrogens with one attached hydrogen (secondary N) is 1. The number of hydrogen-bond acceptors (Lipinski definition) is 2. The van der Waals surface area contributed by atoms with Crippen molar-refractivity contribution in [3.63, 3.8) is 0 Å². The Kier molecular flexibility index (Phi) is 5.07. The van der Waals surface area contributed by atoms with Crippen LogP contribution in [0.5, 0.6) is 0 Å². The van der Waals surface area contributed by atoms with Gasteiger partial charge in [0.2, 0.25) is 0 Å². The first kappa shape index (κ1) is 17.6. The number of carbonyl (C=O) groups excluding carboxylic acids is 1. The van der Waals surface area contributed by atoms with Crippen LogP contribution in [0.25, 0.3) is 0 Å². The highest BCUT2D eigenvalue weighted by Gasteiger charge is 2.26. The van der Waals surface area contributed by atoms with E-state index in [1.165, 1.54) is 16.8 Å². The number of amides is 1. The van der Waals surface area contributed by atoms with Crippen molar-refractivity contribution >= 4 is 5.91 Å². The SMILES string of the molecule is Cn1cccc1C(CNC(=O)c1ccccc1)N1CCc2ccccc2C1. The molecule has 2 heterocycles. The van der Waals surface area contributed by atoms with Gasteiger partial charge in [-0.3, -0.25) is 9.69 Å². The molecule has 1 aliphatic rings. The van der Waals surface area contributed by atoms with Crippen LogP contribution in [0.3, 0.4) is 0 Å². The Balaban J connectivity index is 1.54. The molecule has 1 amide bonds. The number of aryl methyl sites for hydroxylation is 1. The molecule has 0 bridgehead atoms. The third kappa shape index (κ3) is 3.81. The zero-order valence-electron chi connectivity index (χ0n) is 15.6. The first-order valence-electron chi connectivity index (χ1n) is 9.47. The molecule has 0 saturated heterocycles. The number of fused-ring (bicyclic) bond motifs is 1. The summed E-state index contributed by atoms with van der Waals surface area (Å²) in [7, 11) is 2.07. The van der Waals surface area contributed by atoms with Crippen LogP contribution in [-0.2, 0) is 20.0 Å². The van der Waals surface area contributed by atoms with Gasteiger partial charge in [0, 0.05) is 44.1 Å². The number of aromatic nitrogens is 1. The number of nitrogens with zero attached hydrogens (tertiary/aromatic N) is 2. The third-order valence-electron chi connectivity index (χ3n) is 5.42. The summed E-state index contributed by atoms with van der Waals surface area (Å²) in [6.07, 6.45) is 3.11. The minimum atomic E-state index is -0.0211. The van der Waals surface area contributed by atoms with Crippen molar-refractivity contribution in [3.8, 4) is 0 Å². The summed E-state index contributed by atoms with van der Waals surface area (Å²) in [6, 6.07) is 22.4. The van der Waals surface area contributed by atoms with Crippen LogP contribution >= 0.6 is 0 Å². The summed E-state index contributed by atoms with van der Waals surface area (Å²) in [6.45, 7) is 2.50. The van der Waals surface area contributed by atoms with Crippen molar-refractivity contribution in [3.05, 3.63) is 95.3 Å². The lowest BCUT2D eigenvalue weighted by Crippen LogP contribution is -2.41. The van der Waals surface area contributed by atoms with Crippen LogP contribution in [0.15, 0.2) is 72.9 Å². The summed E-state index contributed by atoms with van der Waals surface area (Å²) < 4.78 is 2.15. The first-order valence-corrected chi connectivity index (χ1v) is 9.47. The van der Waals surface area contributed by atoms with E-state index in [1.54, 1.807) is 0 Å². The number of benzene rings is 2. The smallest absolute Gasteiger partial charge is 0.251 e. The molecule has 4 nitrogen and oxygen atoms in total. The van der Waals surface area contributed by atoms with E-state index in [2.05, 4.69) is 64.4 Å². The minimum Gasteiger partial charge on any atom is -0.353 e. The molecular formula is C23H25N3O. The van der Waals surface area contributed by atoms with Gasteiger partial charge in [0.25, 0.3) is 5.91 Å². The standard InChI is InChI=1S/C23H25N3O/c1-25-14-7-12-21(25)22(16-24-23(27)19-9-3-2-4-10-19)26-15-13-18-8-5-6-11-20(18)17-26/h2-12,14,22H,13,15-17H2,1H3,(H,24,27). The molecule has 4 rings (SSSR count). The van der Waals surface area contributed by atoms with Gasteiger partial charge in [-0.05, 0) is 41.8 Å². The van der Waals surface area contributed by atoms with Gasteiger partial charge in [-0.1, -0.05) is 42.5 Å². The summed E-state index contributed by atoms with van der Waals surface area (Å²) in [5.74, 6) is -0.0211.